The van der Waals surface area contributed by atoms with E-state index < -0.39 is 11.4 Å². The van der Waals surface area contributed by atoms with E-state index in [4.69, 9.17) is 16.0 Å². The van der Waals surface area contributed by atoms with Gasteiger partial charge in [0.25, 0.3) is 11.5 Å². The first-order chi connectivity index (χ1) is 16.5. The first-order valence-corrected chi connectivity index (χ1v) is 11.1. The van der Waals surface area contributed by atoms with Crippen molar-refractivity contribution in [3.63, 3.8) is 0 Å². The first-order valence-electron chi connectivity index (χ1n) is 10.7. The van der Waals surface area contributed by atoms with E-state index in [9.17, 15) is 14.0 Å². The average Bonchev–Trinajstić information content (AvgIpc) is 3.36. The molecule has 1 saturated heterocycles. The maximum Gasteiger partial charge on any atom is 0.292 e. The fourth-order valence-electron chi connectivity index (χ4n) is 3.96. The van der Waals surface area contributed by atoms with Crippen LogP contribution in [0, 0.1) is 5.82 Å². The van der Waals surface area contributed by atoms with Crippen LogP contribution >= 0.6 is 11.6 Å². The smallest absolute Gasteiger partial charge is 0.292 e. The van der Waals surface area contributed by atoms with Crippen LogP contribution in [0.3, 0.4) is 0 Å². The third-order valence-corrected chi connectivity index (χ3v) is 6.12. The molecule has 9 heteroatoms. The predicted octanol–water partition coefficient (Wildman–Crippen LogP) is 4.25. The summed E-state index contributed by atoms with van der Waals surface area (Å²) in [7, 11) is 0. The van der Waals surface area contributed by atoms with Crippen molar-refractivity contribution in [3.05, 3.63) is 99.9 Å². The van der Waals surface area contributed by atoms with Crippen molar-refractivity contribution >= 4 is 23.2 Å². The topological polar surface area (TPSA) is 71.6 Å². The molecule has 0 radical (unpaired) electrons. The van der Waals surface area contributed by atoms with Crippen molar-refractivity contribution in [2.45, 2.75) is 0 Å². The molecule has 2 aromatic heterocycles. The number of hydrogen-bond acceptors (Lipinski definition) is 5. The van der Waals surface area contributed by atoms with Crippen LogP contribution in [0.25, 0.3) is 17.0 Å². The van der Waals surface area contributed by atoms with Gasteiger partial charge < -0.3 is 14.2 Å². The van der Waals surface area contributed by atoms with Crippen LogP contribution < -0.4 is 10.5 Å². The van der Waals surface area contributed by atoms with Crippen LogP contribution in [0.1, 0.15) is 10.6 Å². The van der Waals surface area contributed by atoms with Crippen molar-refractivity contribution in [3.8, 4) is 17.0 Å². The fraction of sp³-hybridized carbons (Fsp3) is 0.160. The van der Waals surface area contributed by atoms with E-state index in [2.05, 4.69) is 5.10 Å². The quantitative estimate of drug-likeness (QED) is 0.438. The summed E-state index contributed by atoms with van der Waals surface area (Å²) < 4.78 is 20.9. The van der Waals surface area contributed by atoms with Gasteiger partial charge in [-0.05, 0) is 36.4 Å². The Morgan fingerprint density at radius 3 is 2.38 bits per heavy atom. The van der Waals surface area contributed by atoms with Gasteiger partial charge in [0.05, 0.1) is 23.1 Å². The third-order valence-electron chi connectivity index (χ3n) is 5.76. The second-order valence-electron chi connectivity index (χ2n) is 7.82. The Labute approximate surface area is 199 Å². The Morgan fingerprint density at radius 2 is 1.65 bits per heavy atom. The summed E-state index contributed by atoms with van der Waals surface area (Å²) in [5, 5.41) is 4.36. The van der Waals surface area contributed by atoms with Crippen LogP contribution in [-0.2, 0) is 0 Å². The van der Waals surface area contributed by atoms with Gasteiger partial charge in [-0.15, -0.1) is 0 Å². The maximum atomic E-state index is 14.0. The summed E-state index contributed by atoms with van der Waals surface area (Å²) in [4.78, 5) is 29.3. The minimum absolute atomic E-state index is 0.0826. The standard InChI is InChI=1S/C25H20ClFN4O3/c26-23-20(16-28-31(25(23)33)17-6-2-1-3-7-17)29-12-14-30(15-13-29)24(32)22-11-10-21(34-22)18-8-4-5-9-19(18)27/h1-11,16H,12-15H2. The molecular weight excluding hydrogens is 459 g/mol. The van der Waals surface area contributed by atoms with Gasteiger partial charge in [0.1, 0.15) is 16.6 Å². The molecule has 1 aliphatic heterocycles. The molecule has 1 amide bonds. The lowest BCUT2D eigenvalue weighted by Crippen LogP contribution is -2.49. The molecule has 2 aromatic carbocycles. The number of rotatable bonds is 4. The highest BCUT2D eigenvalue weighted by Crippen LogP contribution is 2.27. The Kier molecular flexibility index (Phi) is 5.90. The lowest BCUT2D eigenvalue weighted by molar-refractivity contribution is 0.0715. The third kappa shape index (κ3) is 4.08. The highest BCUT2D eigenvalue weighted by atomic mass is 35.5. The molecular formula is C25H20ClFN4O3. The summed E-state index contributed by atoms with van der Waals surface area (Å²) in [5.74, 6) is -0.233. The van der Waals surface area contributed by atoms with E-state index in [0.29, 0.717) is 48.9 Å². The molecule has 34 heavy (non-hydrogen) atoms. The van der Waals surface area contributed by atoms with Crippen molar-refractivity contribution in [1.82, 2.24) is 14.7 Å². The monoisotopic (exact) mass is 478 g/mol. The molecule has 0 atom stereocenters. The Morgan fingerprint density at radius 1 is 0.941 bits per heavy atom. The van der Waals surface area contributed by atoms with Gasteiger partial charge in [0.2, 0.25) is 0 Å². The second kappa shape index (κ2) is 9.15. The Balaban J connectivity index is 1.28. The zero-order valence-corrected chi connectivity index (χ0v) is 18.8. The summed E-state index contributed by atoms with van der Waals surface area (Å²) >= 11 is 6.41. The minimum atomic E-state index is -0.413. The number of hydrogen-bond donors (Lipinski definition) is 0. The van der Waals surface area contributed by atoms with Gasteiger partial charge in [-0.3, -0.25) is 9.59 Å². The predicted molar refractivity (Wildman–Crippen MR) is 127 cm³/mol. The van der Waals surface area contributed by atoms with Crippen molar-refractivity contribution < 1.29 is 13.6 Å². The van der Waals surface area contributed by atoms with Gasteiger partial charge in [-0.1, -0.05) is 41.9 Å². The summed E-state index contributed by atoms with van der Waals surface area (Å²) in [6.07, 6.45) is 1.57. The molecule has 0 spiro atoms. The number of anilines is 1. The molecule has 0 bridgehead atoms. The molecule has 3 heterocycles. The number of amides is 1. The van der Waals surface area contributed by atoms with Crippen LogP contribution in [0.15, 0.2) is 82.1 Å². The first kappa shape index (κ1) is 21.9. The van der Waals surface area contributed by atoms with Crippen molar-refractivity contribution in [2.24, 2.45) is 0 Å². The normalized spacial score (nSPS) is 13.8. The summed E-state index contributed by atoms with van der Waals surface area (Å²) in [5.41, 5.74) is 1.06. The molecule has 7 nitrogen and oxygen atoms in total. The van der Waals surface area contributed by atoms with E-state index in [1.807, 2.05) is 23.1 Å². The van der Waals surface area contributed by atoms with E-state index in [1.54, 1.807) is 53.6 Å². The largest absolute Gasteiger partial charge is 0.451 e. The van der Waals surface area contributed by atoms with Gasteiger partial charge in [0, 0.05) is 26.2 Å². The van der Waals surface area contributed by atoms with E-state index >= 15 is 0 Å². The molecule has 0 saturated carbocycles. The number of carbonyl (C=O) groups excluding carboxylic acids is 1. The summed E-state index contributed by atoms with van der Waals surface area (Å²) in [6.45, 7) is 1.77. The number of benzene rings is 2. The zero-order valence-electron chi connectivity index (χ0n) is 18.0. The van der Waals surface area contributed by atoms with Crippen molar-refractivity contribution in [1.29, 1.82) is 0 Å². The average molecular weight is 479 g/mol. The highest BCUT2D eigenvalue weighted by molar-refractivity contribution is 6.33. The van der Waals surface area contributed by atoms with Gasteiger partial charge in [-0.2, -0.15) is 9.78 Å². The lowest BCUT2D eigenvalue weighted by Gasteiger charge is -2.35. The maximum absolute atomic E-state index is 14.0. The molecule has 0 aliphatic carbocycles. The van der Waals surface area contributed by atoms with Crippen LogP contribution in [0.5, 0.6) is 0 Å². The SMILES string of the molecule is O=C(c1ccc(-c2ccccc2F)o1)N1CCN(c2cnn(-c3ccccc3)c(=O)c2Cl)CC1. The number of para-hydroxylation sites is 1. The second-order valence-corrected chi connectivity index (χ2v) is 8.20. The zero-order chi connectivity index (χ0) is 23.7. The van der Waals surface area contributed by atoms with Crippen LogP contribution in [0.2, 0.25) is 5.02 Å². The molecule has 5 rings (SSSR count). The summed E-state index contributed by atoms with van der Waals surface area (Å²) in [6, 6.07) is 18.5. The van der Waals surface area contributed by atoms with Gasteiger partial charge in [0.15, 0.2) is 5.76 Å². The minimum Gasteiger partial charge on any atom is -0.451 e. The van der Waals surface area contributed by atoms with Crippen molar-refractivity contribution in [2.75, 3.05) is 31.1 Å². The number of aromatic nitrogens is 2. The molecule has 172 valence electrons. The molecule has 4 aromatic rings. The molecule has 1 aliphatic rings. The van der Waals surface area contributed by atoms with E-state index in [0.717, 1.165) is 0 Å². The lowest BCUT2D eigenvalue weighted by atomic mass is 10.1. The number of piperazine rings is 1. The molecule has 0 unspecified atom stereocenters. The Bertz CT molecular complexity index is 1390. The number of halogens is 2. The fourth-order valence-corrected chi connectivity index (χ4v) is 4.21. The Hall–Kier alpha value is -3.91. The number of furan rings is 1. The number of nitrogens with zero attached hydrogens (tertiary/aromatic N) is 4. The van der Waals surface area contributed by atoms with E-state index in [-0.39, 0.29) is 16.7 Å². The van der Waals surface area contributed by atoms with Crippen LogP contribution in [-0.4, -0.2) is 46.8 Å². The van der Waals surface area contributed by atoms with Crippen LogP contribution in [0.4, 0.5) is 10.1 Å². The molecule has 0 N–H and O–H groups in total. The van der Waals surface area contributed by atoms with E-state index in [1.165, 1.54) is 10.7 Å². The molecule has 1 fully saturated rings. The highest BCUT2D eigenvalue weighted by Gasteiger charge is 2.26. The number of carbonyl (C=O) groups is 1. The van der Waals surface area contributed by atoms with Gasteiger partial charge in [-0.25, -0.2) is 4.39 Å². The van der Waals surface area contributed by atoms with Gasteiger partial charge >= 0.3 is 0 Å².